The van der Waals surface area contributed by atoms with E-state index in [2.05, 4.69) is 0 Å². The highest BCUT2D eigenvalue weighted by atomic mass is 16.6. The molecule has 0 aliphatic carbocycles. The molecule has 18 nitrogen and oxygen atoms in total. The summed E-state index contributed by atoms with van der Waals surface area (Å²) in [4.78, 5) is 46.0. The third kappa shape index (κ3) is 10.1. The molecule has 7 N–H and O–H groups in total. The van der Waals surface area contributed by atoms with Gasteiger partial charge in [-0.25, -0.2) is 14.4 Å². The average Bonchev–Trinajstić information content (AvgIpc) is 3.62. The maximum Gasteiger partial charge on any atom is 0.341 e. The maximum atomic E-state index is 12.0. The van der Waals surface area contributed by atoms with E-state index in [0.717, 1.165) is 0 Å². The highest BCUT2D eigenvalue weighted by Crippen LogP contribution is 2.27. The normalized spacial score (nSPS) is 24.1. The highest BCUT2D eigenvalue weighted by Gasteiger charge is 2.50. The minimum absolute atomic E-state index is 0. The maximum absolute atomic E-state index is 12.0. The summed E-state index contributed by atoms with van der Waals surface area (Å²) in [5, 5.41) is 79.2. The molecule has 6 rings (SSSR count). The van der Waals surface area contributed by atoms with Crippen molar-refractivity contribution in [2.24, 2.45) is 0 Å². The van der Waals surface area contributed by atoms with Gasteiger partial charge in [-0.05, 0) is 60.7 Å². The third-order valence-electron chi connectivity index (χ3n) is 8.35. The molecule has 2 aromatic heterocycles. The number of rotatable bonds is 10. The topological polar surface area (TPSA) is 278 Å². The van der Waals surface area contributed by atoms with Crippen LogP contribution >= 0.6 is 0 Å². The summed E-state index contributed by atoms with van der Waals surface area (Å²) in [7, 11) is 0. The predicted octanol–water partition coefficient (Wildman–Crippen LogP) is -1.18. The van der Waals surface area contributed by atoms with E-state index in [1.165, 1.54) is 107 Å². The average molecular weight is 767 g/mol. The molecule has 2 aliphatic rings. The number of carbonyl (C=O) groups is 4. The van der Waals surface area contributed by atoms with Crippen molar-refractivity contribution in [1.82, 2.24) is 0 Å². The Bertz CT molecular complexity index is 1820. The van der Waals surface area contributed by atoms with Gasteiger partial charge >= 0.3 is 17.9 Å². The van der Waals surface area contributed by atoms with Crippen LogP contribution in [0.15, 0.2) is 97.6 Å². The molecule has 0 amide bonds. The van der Waals surface area contributed by atoms with Gasteiger partial charge in [-0.15, -0.1) is 0 Å². The summed E-state index contributed by atoms with van der Waals surface area (Å²) in [6.45, 7) is -0.636. The van der Waals surface area contributed by atoms with Crippen LogP contribution in [0.2, 0.25) is 0 Å². The van der Waals surface area contributed by atoms with Crippen LogP contribution in [0.3, 0.4) is 0 Å². The highest BCUT2D eigenvalue weighted by molar-refractivity contribution is 5.90. The summed E-state index contributed by atoms with van der Waals surface area (Å²) in [5.41, 5.74) is 0.282. The molecule has 2 aromatic carbocycles. The van der Waals surface area contributed by atoms with Crippen LogP contribution in [0.25, 0.3) is 0 Å². The van der Waals surface area contributed by atoms with Crippen molar-refractivity contribution in [3.63, 3.8) is 0 Å². The number of carboxylic acids is 2. The van der Waals surface area contributed by atoms with Crippen LogP contribution in [-0.4, -0.2) is 109 Å². The van der Waals surface area contributed by atoms with Crippen molar-refractivity contribution in [2.75, 3.05) is 13.2 Å². The molecule has 2 aliphatic heterocycles. The fraction of sp³-hybridized carbons (Fsp3) is 0.270. The monoisotopic (exact) mass is 766 g/mol. The molecule has 18 heteroatoms. The fourth-order valence-corrected chi connectivity index (χ4v) is 5.45. The van der Waals surface area contributed by atoms with E-state index < -0.39 is 73.0 Å². The van der Waals surface area contributed by atoms with Crippen molar-refractivity contribution in [2.45, 2.75) is 49.1 Å². The molecular formula is C37H38N2O16. The number of aromatic nitrogens is 2. The van der Waals surface area contributed by atoms with E-state index in [0.29, 0.717) is 0 Å². The lowest BCUT2D eigenvalue weighted by atomic mass is 10.1. The number of aromatic hydroxyl groups is 2. The number of ether oxygens (including phenoxy) is 4. The first-order valence-electron chi connectivity index (χ1n) is 16.1. The number of pyridine rings is 2. The first-order chi connectivity index (χ1) is 25.7. The SMILES string of the molecule is O=C(O)c1ccc[n+]([C@H]2O[C@H](COC(=O)c3ccc(O)cc3)[C@H](O)C2O)c1.O=C([O-])c1ccc[n+]([C@H]2O[C@H](COC(=O)c3ccc(O)cc3)[C@H](O)C2O)c1.[CH3-]. The molecule has 292 valence electrons. The van der Waals surface area contributed by atoms with Crippen molar-refractivity contribution < 1.29 is 88.1 Å². The molecule has 4 heterocycles. The molecule has 8 atom stereocenters. The predicted molar refractivity (Wildman–Crippen MR) is 180 cm³/mol. The Morgan fingerprint density at radius 3 is 1.36 bits per heavy atom. The van der Waals surface area contributed by atoms with Gasteiger partial charge in [0.1, 0.15) is 54.7 Å². The van der Waals surface area contributed by atoms with E-state index >= 15 is 0 Å². The minimum Gasteiger partial charge on any atom is -0.545 e. The summed E-state index contributed by atoms with van der Waals surface area (Å²) in [6, 6.07) is 16.5. The Balaban J connectivity index is 0.000000240. The van der Waals surface area contributed by atoms with Gasteiger partial charge in [0, 0.05) is 12.1 Å². The summed E-state index contributed by atoms with van der Waals surface area (Å²) in [5.74, 6) is -3.89. The Labute approximate surface area is 312 Å². The van der Waals surface area contributed by atoms with E-state index in [9.17, 15) is 54.9 Å². The minimum atomic E-state index is -1.39. The number of hydrogen-bond donors (Lipinski definition) is 7. The van der Waals surface area contributed by atoms with E-state index in [-0.39, 0.29) is 54.4 Å². The second kappa shape index (κ2) is 18.3. The molecule has 2 fully saturated rings. The summed E-state index contributed by atoms with van der Waals surface area (Å²) >= 11 is 0. The fourth-order valence-electron chi connectivity index (χ4n) is 5.45. The lowest BCUT2D eigenvalue weighted by Crippen LogP contribution is -2.46. The van der Waals surface area contributed by atoms with Crippen molar-refractivity contribution in [1.29, 1.82) is 0 Å². The number of carboxylic acid groups (broad SMARTS) is 2. The van der Waals surface area contributed by atoms with E-state index in [1.807, 2.05) is 0 Å². The van der Waals surface area contributed by atoms with Gasteiger partial charge in [-0.2, -0.15) is 9.13 Å². The number of aliphatic hydroxyl groups excluding tert-OH is 4. The smallest absolute Gasteiger partial charge is 0.341 e. The Hall–Kier alpha value is -6.02. The number of aromatic carboxylic acids is 2. The molecule has 4 aromatic rings. The number of phenolic OH excluding ortho intramolecular Hbond substituents is 2. The lowest BCUT2D eigenvalue weighted by Gasteiger charge is -2.13. The van der Waals surface area contributed by atoms with Crippen LogP contribution in [0.5, 0.6) is 11.5 Å². The molecule has 0 bridgehead atoms. The largest absolute Gasteiger partial charge is 0.545 e. The summed E-state index contributed by atoms with van der Waals surface area (Å²) in [6.07, 6.45) is -4.01. The Kier molecular flexibility index (Phi) is 13.9. The van der Waals surface area contributed by atoms with Gasteiger partial charge in [0.15, 0.2) is 37.0 Å². The molecule has 0 saturated carbocycles. The van der Waals surface area contributed by atoms with Crippen LogP contribution in [0.1, 0.15) is 53.9 Å². The van der Waals surface area contributed by atoms with Crippen molar-refractivity contribution in [3.8, 4) is 11.5 Å². The van der Waals surface area contributed by atoms with Crippen molar-refractivity contribution >= 4 is 23.9 Å². The van der Waals surface area contributed by atoms with Gasteiger partial charge in [0.2, 0.25) is 0 Å². The Morgan fingerprint density at radius 2 is 0.982 bits per heavy atom. The molecular weight excluding hydrogens is 728 g/mol. The molecule has 0 radical (unpaired) electrons. The van der Waals surface area contributed by atoms with Crippen molar-refractivity contribution in [3.05, 3.63) is 127 Å². The molecule has 2 unspecified atom stereocenters. The van der Waals surface area contributed by atoms with Crippen LogP contribution in [-0.2, 0) is 18.9 Å². The number of aliphatic hydroxyl groups is 4. The van der Waals surface area contributed by atoms with Crippen LogP contribution in [0.4, 0.5) is 0 Å². The standard InChI is InChI=1S/2C18H17NO8.CH3/c2*20-12-5-3-10(4-6-12)18(25)26-9-13-14(21)15(22)16(27-13)19-7-1-2-11(8-19)17(23)24;/h2*1-8,13-16,21-22H,9H2,(H-,20,23,24,25);1H3/q;;-1/p+1/t2*13-,14+,15?,16+;/m11./s1. The summed E-state index contributed by atoms with van der Waals surface area (Å²) < 4.78 is 23.9. The first kappa shape index (κ1) is 41.7. The molecule has 2 saturated heterocycles. The number of esters is 2. The van der Waals surface area contributed by atoms with Gasteiger partial charge in [0.05, 0.1) is 22.7 Å². The number of benzene rings is 2. The van der Waals surface area contributed by atoms with Crippen LogP contribution < -0.4 is 14.2 Å². The zero-order valence-corrected chi connectivity index (χ0v) is 29.0. The van der Waals surface area contributed by atoms with E-state index in [4.69, 9.17) is 24.1 Å². The molecule has 0 spiro atoms. The quantitative estimate of drug-likeness (QED) is 0.0569. The lowest BCUT2D eigenvalue weighted by molar-refractivity contribution is -0.766. The van der Waals surface area contributed by atoms with Gasteiger partial charge in [-0.1, -0.05) is 0 Å². The Morgan fingerprint density at radius 1 is 0.600 bits per heavy atom. The van der Waals surface area contributed by atoms with E-state index in [1.54, 1.807) is 0 Å². The van der Waals surface area contributed by atoms with Crippen LogP contribution in [0, 0.1) is 7.43 Å². The van der Waals surface area contributed by atoms with Gasteiger partial charge < -0.3 is 72.0 Å². The zero-order valence-electron chi connectivity index (χ0n) is 29.0. The number of nitrogens with zero attached hydrogens (tertiary/aromatic N) is 2. The van der Waals surface area contributed by atoms with Gasteiger partial charge in [0.25, 0.3) is 12.5 Å². The molecule has 55 heavy (non-hydrogen) atoms. The number of phenols is 2. The van der Waals surface area contributed by atoms with Gasteiger partial charge in [-0.3, -0.25) is 0 Å². The third-order valence-corrected chi connectivity index (χ3v) is 8.35. The second-order valence-corrected chi connectivity index (χ2v) is 12.1. The second-order valence-electron chi connectivity index (χ2n) is 12.1. The first-order valence-corrected chi connectivity index (χ1v) is 16.1. The number of carbonyl (C=O) groups excluding carboxylic acids is 3. The zero-order chi connectivity index (χ0) is 39.1. The number of hydrogen-bond acceptors (Lipinski definition) is 15.